The van der Waals surface area contributed by atoms with Crippen molar-refractivity contribution in [1.82, 2.24) is 0 Å². The van der Waals surface area contributed by atoms with Gasteiger partial charge in [-0.2, -0.15) is 0 Å². The minimum absolute atomic E-state index is 0.0304. The number of fused-ring (bicyclic) bond motifs is 1. The number of aliphatic hydroxyl groups excluding tert-OH is 1. The van der Waals surface area contributed by atoms with Gasteiger partial charge in [-0.25, -0.2) is 0 Å². The van der Waals surface area contributed by atoms with Gasteiger partial charge in [-0.05, 0) is 28.4 Å². The van der Waals surface area contributed by atoms with Crippen LogP contribution in [0.3, 0.4) is 0 Å². The van der Waals surface area contributed by atoms with Crippen LogP contribution in [0.15, 0.2) is 10.5 Å². The van der Waals surface area contributed by atoms with Crippen LogP contribution in [0.25, 0.3) is 0 Å². The normalized spacial score (nSPS) is 13.6. The van der Waals surface area contributed by atoms with E-state index in [1.54, 1.807) is 6.07 Å². The van der Waals surface area contributed by atoms with Gasteiger partial charge in [0.15, 0.2) is 17.8 Å². The topological polar surface area (TPSA) is 55.8 Å². The Morgan fingerprint density at radius 3 is 2.69 bits per heavy atom. The van der Waals surface area contributed by atoms with Crippen molar-refractivity contribution in [3.8, 4) is 11.5 Å². The summed E-state index contributed by atoms with van der Waals surface area (Å²) in [5, 5.41) is 8.96. The molecule has 0 aliphatic carbocycles. The van der Waals surface area contributed by atoms with Gasteiger partial charge in [-0.15, -0.1) is 0 Å². The second-order valence-electron chi connectivity index (χ2n) is 3.38. The fraction of sp³-hybridized carbons (Fsp3) is 0.364. The lowest BCUT2D eigenvalue weighted by Crippen LogP contribution is -2.18. The molecule has 0 atom stereocenters. The van der Waals surface area contributed by atoms with E-state index in [-0.39, 0.29) is 6.61 Å². The minimum Gasteiger partial charge on any atom is -0.486 e. The molecule has 1 N–H and O–H groups in total. The Bertz CT molecular complexity index is 417. The van der Waals surface area contributed by atoms with E-state index in [0.717, 1.165) is 11.8 Å². The Hall–Kier alpha value is -1.07. The van der Waals surface area contributed by atoms with E-state index in [1.807, 2.05) is 0 Å². The third-order valence-electron chi connectivity index (χ3n) is 2.38. The van der Waals surface area contributed by atoms with Crippen molar-refractivity contribution in [2.45, 2.75) is 6.42 Å². The summed E-state index contributed by atoms with van der Waals surface area (Å²) in [4.78, 5) is 11.0. The van der Waals surface area contributed by atoms with Crippen molar-refractivity contribution in [3.05, 3.63) is 21.7 Å². The average molecular weight is 287 g/mol. The first-order valence-electron chi connectivity index (χ1n) is 4.95. The van der Waals surface area contributed by atoms with Gasteiger partial charge < -0.3 is 14.6 Å². The number of aldehydes is 1. The maximum Gasteiger partial charge on any atom is 0.173 e. The number of carbonyl (C=O) groups excluding carboxylic acids is 1. The number of rotatable bonds is 3. The van der Waals surface area contributed by atoms with Gasteiger partial charge in [0, 0.05) is 16.6 Å². The maximum absolute atomic E-state index is 11.0. The fourth-order valence-corrected chi connectivity index (χ4v) is 2.23. The number of aliphatic hydroxyl groups is 1. The molecule has 4 nitrogen and oxygen atoms in total. The number of halogens is 1. The Morgan fingerprint density at radius 1 is 1.38 bits per heavy atom. The van der Waals surface area contributed by atoms with E-state index in [9.17, 15) is 4.79 Å². The molecule has 0 aromatic heterocycles. The Morgan fingerprint density at radius 2 is 2.06 bits per heavy atom. The molecule has 1 aliphatic heterocycles. The molecule has 0 unspecified atom stereocenters. The largest absolute Gasteiger partial charge is 0.486 e. The van der Waals surface area contributed by atoms with Crippen LogP contribution in [0.1, 0.15) is 15.9 Å². The molecule has 0 bridgehead atoms. The van der Waals surface area contributed by atoms with Crippen LogP contribution in [0, 0.1) is 0 Å². The van der Waals surface area contributed by atoms with Gasteiger partial charge in [0.1, 0.15) is 13.2 Å². The smallest absolute Gasteiger partial charge is 0.173 e. The van der Waals surface area contributed by atoms with E-state index in [4.69, 9.17) is 14.6 Å². The number of benzene rings is 1. The highest BCUT2D eigenvalue weighted by Gasteiger charge is 2.22. The number of ether oxygens (including phenoxy) is 2. The van der Waals surface area contributed by atoms with Gasteiger partial charge in [0.05, 0.1) is 5.56 Å². The minimum atomic E-state index is 0.0304. The Labute approximate surface area is 101 Å². The van der Waals surface area contributed by atoms with E-state index in [2.05, 4.69) is 15.9 Å². The summed E-state index contributed by atoms with van der Waals surface area (Å²) >= 11 is 3.31. The van der Waals surface area contributed by atoms with Crippen LogP contribution in [-0.2, 0) is 6.42 Å². The van der Waals surface area contributed by atoms with Gasteiger partial charge >= 0.3 is 0 Å². The van der Waals surface area contributed by atoms with Crippen LogP contribution in [-0.4, -0.2) is 31.2 Å². The molecule has 1 heterocycles. The third kappa shape index (κ3) is 1.92. The predicted molar refractivity (Wildman–Crippen MR) is 61.3 cm³/mol. The lowest BCUT2D eigenvalue weighted by Gasteiger charge is -2.23. The monoisotopic (exact) mass is 286 g/mol. The molecule has 16 heavy (non-hydrogen) atoms. The Balaban J connectivity index is 2.57. The molecule has 0 saturated carbocycles. The molecule has 0 saturated heterocycles. The van der Waals surface area contributed by atoms with Gasteiger partial charge in [0.2, 0.25) is 0 Å². The molecule has 1 aromatic carbocycles. The quantitative estimate of drug-likeness (QED) is 0.857. The van der Waals surface area contributed by atoms with Crippen molar-refractivity contribution in [2.75, 3.05) is 19.8 Å². The number of hydrogen-bond acceptors (Lipinski definition) is 4. The molecule has 2 rings (SSSR count). The summed E-state index contributed by atoms with van der Waals surface area (Å²) in [7, 11) is 0. The van der Waals surface area contributed by atoms with Crippen molar-refractivity contribution < 1.29 is 19.4 Å². The zero-order chi connectivity index (χ0) is 11.5. The number of carbonyl (C=O) groups is 1. The second-order valence-corrected chi connectivity index (χ2v) is 4.23. The molecular formula is C11H11BrO4. The molecule has 86 valence electrons. The van der Waals surface area contributed by atoms with E-state index < -0.39 is 0 Å². The molecule has 1 aliphatic rings. The standard InChI is InChI=1S/C11H11BrO4/c12-9-5-7(1-2-13)10-11(8(9)6-14)16-4-3-15-10/h5-6,13H,1-4H2. The third-order valence-corrected chi connectivity index (χ3v) is 3.03. The van der Waals surface area contributed by atoms with Crippen LogP contribution < -0.4 is 9.47 Å². The summed E-state index contributed by atoms with van der Waals surface area (Å²) in [6.07, 6.45) is 1.21. The zero-order valence-corrected chi connectivity index (χ0v) is 10.1. The van der Waals surface area contributed by atoms with Gasteiger partial charge in [0.25, 0.3) is 0 Å². The van der Waals surface area contributed by atoms with Gasteiger partial charge in [-0.1, -0.05) is 0 Å². The van der Waals surface area contributed by atoms with Crippen molar-refractivity contribution in [2.24, 2.45) is 0 Å². The second kappa shape index (κ2) is 4.84. The summed E-state index contributed by atoms with van der Waals surface area (Å²) < 4.78 is 11.6. The average Bonchev–Trinajstić information content (AvgIpc) is 2.30. The van der Waals surface area contributed by atoms with Crippen molar-refractivity contribution in [1.29, 1.82) is 0 Å². The molecule has 5 heteroatoms. The molecule has 0 spiro atoms. The fourth-order valence-electron chi connectivity index (χ4n) is 1.68. The first-order chi connectivity index (χ1) is 7.77. The van der Waals surface area contributed by atoms with E-state index in [0.29, 0.717) is 41.2 Å². The van der Waals surface area contributed by atoms with Crippen molar-refractivity contribution in [3.63, 3.8) is 0 Å². The maximum atomic E-state index is 11.0. The lowest BCUT2D eigenvalue weighted by atomic mass is 10.1. The molecule has 1 aromatic rings. The first kappa shape index (κ1) is 11.4. The highest BCUT2D eigenvalue weighted by Crippen LogP contribution is 2.40. The van der Waals surface area contributed by atoms with Crippen LogP contribution in [0.5, 0.6) is 11.5 Å². The summed E-state index contributed by atoms with van der Waals surface area (Å²) in [6, 6.07) is 1.79. The highest BCUT2D eigenvalue weighted by atomic mass is 79.9. The van der Waals surface area contributed by atoms with E-state index in [1.165, 1.54) is 0 Å². The molecule has 0 radical (unpaired) electrons. The van der Waals surface area contributed by atoms with Crippen LogP contribution in [0.2, 0.25) is 0 Å². The van der Waals surface area contributed by atoms with Crippen LogP contribution in [0.4, 0.5) is 0 Å². The summed E-state index contributed by atoms with van der Waals surface area (Å²) in [5.41, 5.74) is 1.30. The predicted octanol–water partition coefficient (Wildman–Crippen LogP) is 1.57. The van der Waals surface area contributed by atoms with Crippen LogP contribution >= 0.6 is 15.9 Å². The van der Waals surface area contributed by atoms with Gasteiger partial charge in [-0.3, -0.25) is 4.79 Å². The summed E-state index contributed by atoms with van der Waals surface area (Å²) in [5.74, 6) is 1.05. The molecule has 0 amide bonds. The first-order valence-corrected chi connectivity index (χ1v) is 5.74. The highest BCUT2D eigenvalue weighted by molar-refractivity contribution is 9.10. The summed E-state index contributed by atoms with van der Waals surface area (Å²) in [6.45, 7) is 0.927. The SMILES string of the molecule is O=Cc1c(Br)cc(CCO)c2c1OCCO2. The lowest BCUT2D eigenvalue weighted by molar-refractivity contribution is 0.111. The number of hydrogen-bond donors (Lipinski definition) is 1. The molecular weight excluding hydrogens is 276 g/mol. The van der Waals surface area contributed by atoms with E-state index >= 15 is 0 Å². The Kier molecular flexibility index (Phi) is 3.46. The zero-order valence-electron chi connectivity index (χ0n) is 8.53. The van der Waals surface area contributed by atoms with Crippen molar-refractivity contribution >= 4 is 22.2 Å². The molecule has 0 fully saturated rings.